The molecule has 0 saturated carbocycles. The van der Waals surface area contributed by atoms with Crippen LogP contribution in [0.2, 0.25) is 0 Å². The van der Waals surface area contributed by atoms with E-state index < -0.39 is 35.3 Å². The molecule has 1 unspecified atom stereocenters. The van der Waals surface area contributed by atoms with Crippen LogP contribution in [0.15, 0.2) is 30.5 Å². The van der Waals surface area contributed by atoms with Crippen LogP contribution in [0.4, 0.5) is 18.9 Å². The Labute approximate surface area is 155 Å². The van der Waals surface area contributed by atoms with Gasteiger partial charge in [0.2, 0.25) is 0 Å². The Kier molecular flexibility index (Phi) is 5.98. The number of rotatable bonds is 6. The minimum Gasteiger partial charge on any atom is -0.348 e. The number of hydrogen-bond donors (Lipinski definition) is 2. The number of nitrogens with one attached hydrogen (secondary N) is 2. The molecule has 0 spiro atoms. The smallest absolute Gasteiger partial charge is 0.348 e. The second-order valence-corrected chi connectivity index (χ2v) is 6.50. The van der Waals surface area contributed by atoms with Crippen LogP contribution in [-0.4, -0.2) is 22.4 Å². The first kappa shape index (κ1) is 20.5. The molecular formula is C19H22F3N3O2. The molecule has 8 heteroatoms. The summed E-state index contributed by atoms with van der Waals surface area (Å²) in [5.74, 6) is -6.26. The van der Waals surface area contributed by atoms with Crippen molar-refractivity contribution in [2.75, 3.05) is 5.32 Å². The zero-order valence-corrected chi connectivity index (χ0v) is 15.6. The summed E-state index contributed by atoms with van der Waals surface area (Å²) in [6.07, 6.45) is 1.73. The molecule has 2 N–H and O–H groups in total. The molecule has 2 amide bonds. The Hall–Kier alpha value is -2.77. The molecule has 1 heterocycles. The molecule has 5 nitrogen and oxygen atoms in total. The maximum atomic E-state index is 14.5. The second kappa shape index (κ2) is 7.85. The van der Waals surface area contributed by atoms with E-state index in [0.29, 0.717) is 17.7 Å². The molecule has 1 aromatic carbocycles. The summed E-state index contributed by atoms with van der Waals surface area (Å²) in [5, 5.41) is 4.77. The molecular weight excluding hydrogens is 359 g/mol. The van der Waals surface area contributed by atoms with Gasteiger partial charge >= 0.3 is 5.92 Å². The maximum Gasteiger partial charge on any atom is 0.364 e. The third-order valence-corrected chi connectivity index (χ3v) is 4.28. The molecule has 0 radical (unpaired) electrons. The number of carbonyl (C=O) groups excluding carboxylic acids is 2. The van der Waals surface area contributed by atoms with E-state index in [1.807, 2.05) is 0 Å². The number of halogens is 3. The van der Waals surface area contributed by atoms with Crippen LogP contribution >= 0.6 is 0 Å². The van der Waals surface area contributed by atoms with E-state index in [9.17, 15) is 22.8 Å². The van der Waals surface area contributed by atoms with Crippen LogP contribution < -0.4 is 10.6 Å². The summed E-state index contributed by atoms with van der Waals surface area (Å²) in [6, 6.07) is 4.59. The normalized spacial score (nSPS) is 12.6. The van der Waals surface area contributed by atoms with E-state index in [0.717, 1.165) is 10.6 Å². The van der Waals surface area contributed by atoms with Gasteiger partial charge in [-0.15, -0.1) is 0 Å². The molecule has 0 saturated heterocycles. The monoisotopic (exact) mass is 381 g/mol. The summed E-state index contributed by atoms with van der Waals surface area (Å²) in [5.41, 5.74) is 0.0506. The van der Waals surface area contributed by atoms with Gasteiger partial charge in [-0.2, -0.15) is 8.78 Å². The third-order valence-electron chi connectivity index (χ3n) is 4.28. The van der Waals surface area contributed by atoms with Gasteiger partial charge in [-0.05, 0) is 50.1 Å². The van der Waals surface area contributed by atoms with Crippen LogP contribution in [0.1, 0.15) is 41.9 Å². The molecule has 0 aliphatic rings. The van der Waals surface area contributed by atoms with Crippen LogP contribution in [0, 0.1) is 12.7 Å². The van der Waals surface area contributed by atoms with Crippen molar-refractivity contribution in [3.05, 3.63) is 53.1 Å². The highest BCUT2D eigenvalue weighted by Crippen LogP contribution is 2.30. The highest BCUT2D eigenvalue weighted by atomic mass is 19.3. The van der Waals surface area contributed by atoms with E-state index in [-0.39, 0.29) is 5.56 Å². The quantitative estimate of drug-likeness (QED) is 0.801. The Morgan fingerprint density at radius 1 is 1.26 bits per heavy atom. The first-order valence-corrected chi connectivity index (χ1v) is 8.49. The van der Waals surface area contributed by atoms with Gasteiger partial charge in [-0.3, -0.25) is 9.59 Å². The molecule has 0 aliphatic heterocycles. The summed E-state index contributed by atoms with van der Waals surface area (Å²) in [4.78, 5) is 24.2. The number of carbonyl (C=O) groups is 2. The summed E-state index contributed by atoms with van der Waals surface area (Å²) in [7, 11) is 1.33. The number of nitrogens with zero attached hydrogens (tertiary/aromatic N) is 1. The molecule has 1 atom stereocenters. The molecule has 0 bridgehead atoms. The number of hydrogen-bond acceptors (Lipinski definition) is 2. The minimum absolute atomic E-state index is 0.0366. The predicted octanol–water partition coefficient (Wildman–Crippen LogP) is 3.73. The lowest BCUT2D eigenvalue weighted by Gasteiger charge is -2.19. The number of aryl methyl sites for hydroxylation is 2. The van der Waals surface area contributed by atoms with Crippen molar-refractivity contribution in [2.24, 2.45) is 7.05 Å². The Balaban J connectivity index is 2.22. The topological polar surface area (TPSA) is 63.1 Å². The first-order valence-electron chi connectivity index (χ1n) is 8.49. The molecule has 146 valence electrons. The minimum atomic E-state index is -3.79. The highest BCUT2D eigenvalue weighted by molar-refractivity contribution is 6.04. The second-order valence-electron chi connectivity index (χ2n) is 6.50. The summed E-state index contributed by atoms with van der Waals surface area (Å²) >= 11 is 0. The van der Waals surface area contributed by atoms with E-state index >= 15 is 0 Å². The molecule has 27 heavy (non-hydrogen) atoms. The van der Waals surface area contributed by atoms with Crippen molar-refractivity contribution in [1.82, 2.24) is 9.88 Å². The molecule has 1 aromatic heterocycles. The standard InChI is InChI=1S/C19H22F3N3O2/c1-5-12(3)23-18(27)19(21,22)16-9-13(10-25(16)4)17(26)24-14-6-7-15(20)11(2)8-14/h6-10,12H,5H2,1-4H3,(H,23,27)(H,24,26). The fraction of sp³-hybridized carbons (Fsp3) is 0.368. The van der Waals surface area contributed by atoms with Crippen LogP contribution in [0.5, 0.6) is 0 Å². The molecule has 2 aromatic rings. The fourth-order valence-corrected chi connectivity index (χ4v) is 2.46. The van der Waals surface area contributed by atoms with E-state index in [4.69, 9.17) is 0 Å². The van der Waals surface area contributed by atoms with Crippen molar-refractivity contribution < 1.29 is 22.8 Å². The van der Waals surface area contributed by atoms with E-state index in [2.05, 4.69) is 10.6 Å². The van der Waals surface area contributed by atoms with Gasteiger partial charge in [0.05, 0.1) is 11.3 Å². The number of alkyl halides is 2. The lowest BCUT2D eigenvalue weighted by Crippen LogP contribution is -2.43. The lowest BCUT2D eigenvalue weighted by atomic mass is 10.1. The Bertz CT molecular complexity index is 862. The number of benzene rings is 1. The number of amides is 2. The fourth-order valence-electron chi connectivity index (χ4n) is 2.46. The summed E-state index contributed by atoms with van der Waals surface area (Å²) in [6.45, 7) is 4.94. The summed E-state index contributed by atoms with van der Waals surface area (Å²) < 4.78 is 43.3. The van der Waals surface area contributed by atoms with Gasteiger partial charge in [0.1, 0.15) is 5.82 Å². The first-order chi connectivity index (χ1) is 12.6. The van der Waals surface area contributed by atoms with Crippen LogP contribution in [-0.2, 0) is 17.8 Å². The molecule has 2 rings (SSSR count). The van der Waals surface area contributed by atoms with Crippen molar-refractivity contribution in [3.8, 4) is 0 Å². The average Bonchev–Trinajstić information content (AvgIpc) is 3.00. The van der Waals surface area contributed by atoms with E-state index in [1.54, 1.807) is 20.8 Å². The van der Waals surface area contributed by atoms with Gasteiger partial charge in [-0.25, -0.2) is 4.39 Å². The largest absolute Gasteiger partial charge is 0.364 e. The molecule has 0 aliphatic carbocycles. The van der Waals surface area contributed by atoms with Crippen molar-refractivity contribution in [1.29, 1.82) is 0 Å². The molecule has 0 fully saturated rings. The van der Waals surface area contributed by atoms with Gasteiger partial charge < -0.3 is 15.2 Å². The SMILES string of the molecule is CCC(C)NC(=O)C(F)(F)c1cc(C(=O)Nc2ccc(F)c(C)c2)cn1C. The van der Waals surface area contributed by atoms with Gasteiger partial charge in [0, 0.05) is 25.0 Å². The number of aromatic nitrogens is 1. The van der Waals surface area contributed by atoms with Crippen molar-refractivity contribution >= 4 is 17.5 Å². The lowest BCUT2D eigenvalue weighted by molar-refractivity contribution is -0.148. The van der Waals surface area contributed by atoms with Crippen molar-refractivity contribution in [2.45, 2.75) is 39.2 Å². The predicted molar refractivity (Wildman–Crippen MR) is 96.3 cm³/mol. The Morgan fingerprint density at radius 2 is 1.93 bits per heavy atom. The Morgan fingerprint density at radius 3 is 2.52 bits per heavy atom. The number of anilines is 1. The van der Waals surface area contributed by atoms with Gasteiger partial charge in [-0.1, -0.05) is 6.92 Å². The van der Waals surface area contributed by atoms with E-state index in [1.165, 1.54) is 31.4 Å². The highest BCUT2D eigenvalue weighted by Gasteiger charge is 2.44. The average molecular weight is 381 g/mol. The third kappa shape index (κ3) is 4.50. The van der Waals surface area contributed by atoms with Crippen molar-refractivity contribution in [3.63, 3.8) is 0 Å². The van der Waals surface area contributed by atoms with Gasteiger partial charge in [0.15, 0.2) is 0 Å². The van der Waals surface area contributed by atoms with Gasteiger partial charge in [0.25, 0.3) is 11.8 Å². The zero-order chi connectivity index (χ0) is 20.4. The zero-order valence-electron chi connectivity index (χ0n) is 15.6. The van der Waals surface area contributed by atoms with Crippen LogP contribution in [0.25, 0.3) is 0 Å². The maximum absolute atomic E-state index is 14.5. The van der Waals surface area contributed by atoms with Crippen LogP contribution in [0.3, 0.4) is 0 Å².